The molecule has 0 radical (unpaired) electrons. The molecule has 0 saturated heterocycles. The predicted octanol–water partition coefficient (Wildman–Crippen LogP) is 8.47. The fourth-order valence-electron chi connectivity index (χ4n) is 4.58. The second-order valence-corrected chi connectivity index (χ2v) is 10.6. The number of hydrogen-bond donors (Lipinski definition) is 2. The Kier molecular flexibility index (Phi) is 20.7. The summed E-state index contributed by atoms with van der Waals surface area (Å²) in [6.07, 6.45) is 26.5. The van der Waals surface area contributed by atoms with E-state index in [1.165, 1.54) is 97.0 Å². The number of aromatic hydroxyl groups is 1. The van der Waals surface area contributed by atoms with E-state index in [1.807, 2.05) is 6.92 Å². The number of benzene rings is 1. The minimum atomic E-state index is -0.348. The smallest absolute Gasteiger partial charge is 0.306 e. The highest BCUT2D eigenvalue weighted by Gasteiger charge is 2.10. The summed E-state index contributed by atoms with van der Waals surface area (Å²) in [7, 11) is 1.48. The zero-order chi connectivity index (χ0) is 28.6. The van der Waals surface area contributed by atoms with Gasteiger partial charge in [0, 0.05) is 13.0 Å². The molecule has 0 aliphatic rings. The van der Waals surface area contributed by atoms with Gasteiger partial charge in [0.05, 0.1) is 7.11 Å². The van der Waals surface area contributed by atoms with Crippen molar-refractivity contribution in [3.63, 3.8) is 0 Å². The summed E-state index contributed by atoms with van der Waals surface area (Å²) >= 11 is 0. The average molecular weight is 546 g/mol. The van der Waals surface area contributed by atoms with Gasteiger partial charge in [0.1, 0.15) is 0 Å². The number of amides is 1. The fraction of sp³-hybridized carbons (Fsp3) is 0.697. The third kappa shape index (κ3) is 18.4. The molecule has 1 amide bonds. The second-order valence-electron chi connectivity index (χ2n) is 10.6. The second kappa shape index (κ2) is 23.4. The summed E-state index contributed by atoms with van der Waals surface area (Å²) in [6.45, 7) is 4.11. The van der Waals surface area contributed by atoms with E-state index in [0.29, 0.717) is 12.2 Å². The molecule has 1 aromatic rings. The first-order chi connectivity index (χ1) is 19.0. The van der Waals surface area contributed by atoms with Crippen molar-refractivity contribution in [2.75, 3.05) is 13.7 Å². The summed E-state index contributed by atoms with van der Waals surface area (Å²) in [6, 6.07) is 3.28. The van der Waals surface area contributed by atoms with Crippen LogP contribution in [-0.2, 0) is 20.9 Å². The maximum atomic E-state index is 12.0. The Bertz CT molecular complexity index is 821. The molecule has 39 heavy (non-hydrogen) atoms. The fourth-order valence-corrected chi connectivity index (χ4v) is 4.58. The minimum absolute atomic E-state index is 0.0617. The number of esters is 1. The van der Waals surface area contributed by atoms with Gasteiger partial charge in [0.25, 0.3) is 5.91 Å². The topological polar surface area (TPSA) is 84.9 Å². The number of hydrogen-bond acceptors (Lipinski definition) is 5. The molecule has 1 aromatic carbocycles. The largest absolute Gasteiger partial charge is 0.504 e. The number of carbonyl (C=O) groups is 2. The van der Waals surface area contributed by atoms with E-state index >= 15 is 0 Å². The van der Waals surface area contributed by atoms with Gasteiger partial charge in [-0.2, -0.15) is 0 Å². The van der Waals surface area contributed by atoms with Crippen LogP contribution in [0.5, 0.6) is 11.5 Å². The van der Waals surface area contributed by atoms with Crippen LogP contribution in [0.15, 0.2) is 24.3 Å². The van der Waals surface area contributed by atoms with Crippen LogP contribution < -0.4 is 10.1 Å². The number of unbranched alkanes of at least 4 members (excludes halogenated alkanes) is 15. The van der Waals surface area contributed by atoms with E-state index in [0.717, 1.165) is 30.4 Å². The molecule has 0 atom stereocenters. The summed E-state index contributed by atoms with van der Waals surface area (Å²) in [4.78, 5) is 24.0. The molecule has 0 bridgehead atoms. The lowest BCUT2D eigenvalue weighted by atomic mass is 10.1. The predicted molar refractivity (Wildman–Crippen MR) is 160 cm³/mol. The highest BCUT2D eigenvalue weighted by atomic mass is 16.5. The van der Waals surface area contributed by atoms with E-state index in [-0.39, 0.29) is 30.8 Å². The molecule has 0 aliphatic heterocycles. The molecule has 6 nitrogen and oxygen atoms in total. The Morgan fingerprint density at radius 1 is 0.821 bits per heavy atom. The Labute approximate surface area is 237 Å². The van der Waals surface area contributed by atoms with Gasteiger partial charge in [0.15, 0.2) is 18.1 Å². The molecule has 0 aromatic heterocycles. The van der Waals surface area contributed by atoms with Crippen molar-refractivity contribution in [1.82, 2.24) is 5.32 Å². The highest BCUT2D eigenvalue weighted by molar-refractivity contribution is 5.80. The lowest BCUT2D eigenvalue weighted by Gasteiger charge is -2.11. The molecule has 0 heterocycles. The average Bonchev–Trinajstić information content (AvgIpc) is 2.92. The Morgan fingerprint density at radius 2 is 1.36 bits per heavy atom. The molecule has 222 valence electrons. The van der Waals surface area contributed by atoms with Gasteiger partial charge in [-0.15, -0.1) is 0 Å². The van der Waals surface area contributed by atoms with Gasteiger partial charge in [-0.1, -0.05) is 96.1 Å². The standard InChI is InChI=1S/C33H55NO5/c1-4-5-6-7-8-9-10-11-12-13-14-15-16-17-18-19-20-21-22-23-33(37)39-27-32(36)34-26-29-25-31(38-3)30(35)24-28(29)2/h11-12,24-25,35H,4-10,13-23,26-27H2,1-3H3,(H,34,36)/b12-11-. The van der Waals surface area contributed by atoms with Crippen molar-refractivity contribution in [2.45, 2.75) is 136 Å². The van der Waals surface area contributed by atoms with Crippen LogP contribution in [0.25, 0.3) is 0 Å². The molecule has 1 rings (SSSR count). The van der Waals surface area contributed by atoms with E-state index in [2.05, 4.69) is 24.4 Å². The number of phenolic OH excluding ortho intramolecular Hbond substituents is 1. The number of rotatable bonds is 24. The van der Waals surface area contributed by atoms with Crippen LogP contribution in [-0.4, -0.2) is 30.7 Å². The maximum absolute atomic E-state index is 12.0. The summed E-state index contributed by atoms with van der Waals surface area (Å²) in [5.41, 5.74) is 1.67. The van der Waals surface area contributed by atoms with Gasteiger partial charge in [0.2, 0.25) is 0 Å². The lowest BCUT2D eigenvalue weighted by molar-refractivity contribution is -0.148. The molecule has 0 spiro atoms. The van der Waals surface area contributed by atoms with Crippen molar-refractivity contribution < 1.29 is 24.2 Å². The van der Waals surface area contributed by atoms with Crippen molar-refractivity contribution >= 4 is 11.9 Å². The van der Waals surface area contributed by atoms with Crippen molar-refractivity contribution in [2.24, 2.45) is 0 Å². The molecule has 0 unspecified atom stereocenters. The number of methoxy groups -OCH3 is 1. The Morgan fingerprint density at radius 3 is 1.92 bits per heavy atom. The number of phenols is 1. The van der Waals surface area contributed by atoms with Crippen LogP contribution in [0.3, 0.4) is 0 Å². The molecule has 0 aliphatic carbocycles. The monoisotopic (exact) mass is 545 g/mol. The van der Waals surface area contributed by atoms with E-state index in [1.54, 1.807) is 12.1 Å². The van der Waals surface area contributed by atoms with Crippen molar-refractivity contribution in [3.05, 3.63) is 35.4 Å². The van der Waals surface area contributed by atoms with Crippen LogP contribution >= 0.6 is 0 Å². The Balaban J connectivity index is 1.91. The third-order valence-electron chi connectivity index (χ3n) is 7.12. The van der Waals surface area contributed by atoms with Gasteiger partial charge < -0.3 is 19.9 Å². The van der Waals surface area contributed by atoms with Gasteiger partial charge in [-0.25, -0.2) is 0 Å². The van der Waals surface area contributed by atoms with Gasteiger partial charge in [-0.3, -0.25) is 9.59 Å². The number of nitrogens with one attached hydrogen (secondary N) is 1. The minimum Gasteiger partial charge on any atom is -0.504 e. The maximum Gasteiger partial charge on any atom is 0.306 e. The van der Waals surface area contributed by atoms with Crippen molar-refractivity contribution in [1.29, 1.82) is 0 Å². The molecular weight excluding hydrogens is 490 g/mol. The number of ether oxygens (including phenoxy) is 2. The lowest BCUT2D eigenvalue weighted by Crippen LogP contribution is -2.28. The number of allylic oxidation sites excluding steroid dienone is 2. The molecule has 0 fully saturated rings. The van der Waals surface area contributed by atoms with Crippen LogP contribution in [0.2, 0.25) is 0 Å². The molecule has 0 saturated carbocycles. The normalized spacial score (nSPS) is 11.2. The first kappa shape index (κ1) is 34.5. The molecule has 6 heteroatoms. The van der Waals surface area contributed by atoms with E-state index in [4.69, 9.17) is 9.47 Å². The van der Waals surface area contributed by atoms with Crippen molar-refractivity contribution in [3.8, 4) is 11.5 Å². The summed E-state index contributed by atoms with van der Waals surface area (Å²) in [5, 5.41) is 12.5. The quantitative estimate of drug-likeness (QED) is 0.0773. The molecular formula is C33H55NO5. The zero-order valence-corrected chi connectivity index (χ0v) is 25.0. The first-order valence-corrected chi connectivity index (χ1v) is 15.4. The Hall–Kier alpha value is -2.50. The third-order valence-corrected chi connectivity index (χ3v) is 7.12. The van der Waals surface area contributed by atoms with E-state index in [9.17, 15) is 14.7 Å². The number of carbonyl (C=O) groups excluding carboxylic acids is 2. The van der Waals surface area contributed by atoms with E-state index < -0.39 is 0 Å². The number of aryl methyl sites for hydroxylation is 1. The van der Waals surface area contributed by atoms with Gasteiger partial charge in [-0.05, 0) is 62.3 Å². The van der Waals surface area contributed by atoms with Crippen LogP contribution in [0.1, 0.15) is 134 Å². The summed E-state index contributed by atoms with van der Waals surface area (Å²) in [5.74, 6) is -0.257. The van der Waals surface area contributed by atoms with Crippen LogP contribution in [0.4, 0.5) is 0 Å². The molecule has 2 N–H and O–H groups in total. The zero-order valence-electron chi connectivity index (χ0n) is 25.0. The summed E-state index contributed by atoms with van der Waals surface area (Å²) < 4.78 is 10.2. The van der Waals surface area contributed by atoms with Gasteiger partial charge >= 0.3 is 5.97 Å². The SMILES string of the molecule is CCCCCCCC/C=C\CCCCCCCCCCCC(=O)OCC(=O)NCc1cc(OC)c(O)cc1C. The first-order valence-electron chi connectivity index (χ1n) is 15.4. The van der Waals surface area contributed by atoms with Crippen LogP contribution in [0, 0.1) is 6.92 Å². The highest BCUT2D eigenvalue weighted by Crippen LogP contribution is 2.29.